The van der Waals surface area contributed by atoms with Crippen molar-refractivity contribution in [2.24, 2.45) is 0 Å². The second-order valence-corrected chi connectivity index (χ2v) is 6.43. The van der Waals surface area contributed by atoms with E-state index in [1.807, 2.05) is 59.3 Å². The fourth-order valence-corrected chi connectivity index (χ4v) is 2.90. The molecule has 0 unspecified atom stereocenters. The Morgan fingerprint density at radius 3 is 2.68 bits per heavy atom. The number of nitrogens with zero attached hydrogens (tertiary/aromatic N) is 3. The smallest absolute Gasteiger partial charge is 0.257 e. The van der Waals surface area contributed by atoms with Crippen LogP contribution in [-0.4, -0.2) is 20.3 Å². The summed E-state index contributed by atoms with van der Waals surface area (Å²) < 4.78 is 2.74. The van der Waals surface area contributed by atoms with E-state index in [-0.39, 0.29) is 5.91 Å². The summed E-state index contributed by atoms with van der Waals surface area (Å²) >= 11 is 3.31. The highest BCUT2D eigenvalue weighted by Crippen LogP contribution is 2.21. The van der Waals surface area contributed by atoms with E-state index in [4.69, 9.17) is 0 Å². The lowest BCUT2D eigenvalue weighted by Crippen LogP contribution is -2.12. The van der Waals surface area contributed by atoms with Crippen LogP contribution >= 0.6 is 15.9 Å². The monoisotopic (exact) mass is 392 g/mol. The second kappa shape index (κ2) is 6.49. The van der Waals surface area contributed by atoms with Gasteiger partial charge in [-0.1, -0.05) is 18.2 Å². The SMILES string of the molecule is O=C(Nc1ccc(-c2cn3ccccc3n2)cc1)c1cncc(Br)c1. The molecule has 1 amide bonds. The topological polar surface area (TPSA) is 59.3 Å². The number of fused-ring (bicyclic) bond motifs is 1. The van der Waals surface area contributed by atoms with Gasteiger partial charge in [0.1, 0.15) is 5.65 Å². The van der Waals surface area contributed by atoms with Crippen molar-refractivity contribution < 1.29 is 4.79 Å². The van der Waals surface area contributed by atoms with Crippen LogP contribution in [0.15, 0.2) is 77.8 Å². The molecule has 0 spiro atoms. The van der Waals surface area contributed by atoms with Gasteiger partial charge in [-0.3, -0.25) is 9.78 Å². The molecule has 0 bridgehead atoms. The van der Waals surface area contributed by atoms with E-state index in [1.165, 1.54) is 6.20 Å². The first-order valence-corrected chi connectivity index (χ1v) is 8.44. The van der Waals surface area contributed by atoms with Gasteiger partial charge in [-0.05, 0) is 46.3 Å². The first-order chi connectivity index (χ1) is 12.2. The van der Waals surface area contributed by atoms with Crippen LogP contribution in [0.25, 0.3) is 16.9 Å². The first kappa shape index (κ1) is 15.5. The lowest BCUT2D eigenvalue weighted by Gasteiger charge is -2.06. The van der Waals surface area contributed by atoms with Crippen LogP contribution in [0.5, 0.6) is 0 Å². The van der Waals surface area contributed by atoms with Crippen molar-refractivity contribution >= 4 is 33.2 Å². The zero-order valence-electron chi connectivity index (χ0n) is 13.1. The molecule has 1 N–H and O–H groups in total. The quantitative estimate of drug-likeness (QED) is 0.561. The van der Waals surface area contributed by atoms with Gasteiger partial charge in [0.05, 0.1) is 11.3 Å². The molecule has 5 nitrogen and oxygen atoms in total. The van der Waals surface area contributed by atoms with Crippen molar-refractivity contribution in [1.29, 1.82) is 0 Å². The number of nitrogens with one attached hydrogen (secondary N) is 1. The molecule has 25 heavy (non-hydrogen) atoms. The van der Waals surface area contributed by atoms with E-state index in [0.717, 1.165) is 27.1 Å². The van der Waals surface area contributed by atoms with Gasteiger partial charge in [0.2, 0.25) is 0 Å². The van der Waals surface area contributed by atoms with Gasteiger partial charge < -0.3 is 9.72 Å². The van der Waals surface area contributed by atoms with Crippen molar-refractivity contribution in [3.05, 3.63) is 83.4 Å². The number of amides is 1. The highest BCUT2D eigenvalue weighted by molar-refractivity contribution is 9.10. The lowest BCUT2D eigenvalue weighted by molar-refractivity contribution is 0.102. The molecule has 0 saturated heterocycles. The summed E-state index contributed by atoms with van der Waals surface area (Å²) in [5, 5.41) is 2.87. The van der Waals surface area contributed by atoms with E-state index < -0.39 is 0 Å². The maximum atomic E-state index is 12.3. The average Bonchev–Trinajstić information content (AvgIpc) is 3.06. The summed E-state index contributed by atoms with van der Waals surface area (Å²) in [5.74, 6) is -0.200. The summed E-state index contributed by atoms with van der Waals surface area (Å²) in [6.07, 6.45) is 7.12. The molecule has 3 aromatic heterocycles. The number of carbonyl (C=O) groups is 1. The number of carbonyl (C=O) groups excluding carboxylic acids is 1. The Morgan fingerprint density at radius 2 is 1.92 bits per heavy atom. The number of benzene rings is 1. The largest absolute Gasteiger partial charge is 0.322 e. The Morgan fingerprint density at radius 1 is 1.08 bits per heavy atom. The minimum absolute atomic E-state index is 0.200. The number of hydrogen-bond acceptors (Lipinski definition) is 3. The summed E-state index contributed by atoms with van der Waals surface area (Å²) in [4.78, 5) is 20.8. The highest BCUT2D eigenvalue weighted by atomic mass is 79.9. The zero-order valence-corrected chi connectivity index (χ0v) is 14.6. The number of rotatable bonds is 3. The number of imidazole rings is 1. The standard InChI is InChI=1S/C19H13BrN4O/c20-15-9-14(10-21-11-15)19(25)22-16-6-4-13(5-7-16)17-12-24-8-2-1-3-18(24)23-17/h1-12H,(H,22,25). The van der Waals surface area contributed by atoms with E-state index in [1.54, 1.807) is 12.3 Å². The third-order valence-electron chi connectivity index (χ3n) is 3.77. The van der Waals surface area contributed by atoms with Gasteiger partial charge in [0.15, 0.2) is 0 Å². The number of pyridine rings is 2. The van der Waals surface area contributed by atoms with Crippen LogP contribution in [0.3, 0.4) is 0 Å². The van der Waals surface area contributed by atoms with E-state index in [9.17, 15) is 4.79 Å². The van der Waals surface area contributed by atoms with Crippen molar-refractivity contribution in [3.63, 3.8) is 0 Å². The fraction of sp³-hybridized carbons (Fsp3) is 0. The Labute approximate surface area is 152 Å². The predicted molar refractivity (Wildman–Crippen MR) is 101 cm³/mol. The third kappa shape index (κ3) is 3.29. The molecule has 0 atom stereocenters. The molecular weight excluding hydrogens is 380 g/mol. The number of aromatic nitrogens is 3. The van der Waals surface area contributed by atoms with Crippen molar-refractivity contribution in [1.82, 2.24) is 14.4 Å². The van der Waals surface area contributed by atoms with Crippen molar-refractivity contribution in [2.75, 3.05) is 5.32 Å². The van der Waals surface area contributed by atoms with Gasteiger partial charge in [-0.15, -0.1) is 0 Å². The van der Waals surface area contributed by atoms with Crippen LogP contribution in [0, 0.1) is 0 Å². The minimum Gasteiger partial charge on any atom is -0.322 e. The van der Waals surface area contributed by atoms with Crippen molar-refractivity contribution in [2.45, 2.75) is 0 Å². The molecule has 0 aliphatic rings. The molecule has 0 aliphatic heterocycles. The normalized spacial score (nSPS) is 10.8. The van der Waals surface area contributed by atoms with Gasteiger partial charge >= 0.3 is 0 Å². The lowest BCUT2D eigenvalue weighted by atomic mass is 10.1. The maximum absolute atomic E-state index is 12.3. The van der Waals surface area contributed by atoms with Gasteiger partial charge in [-0.25, -0.2) is 4.98 Å². The van der Waals surface area contributed by atoms with Crippen molar-refractivity contribution in [3.8, 4) is 11.3 Å². The fourth-order valence-electron chi connectivity index (χ4n) is 2.54. The molecule has 0 saturated carbocycles. The Bertz CT molecular complexity index is 1020. The molecule has 0 radical (unpaired) electrons. The summed E-state index contributed by atoms with van der Waals surface area (Å²) in [6.45, 7) is 0. The molecule has 3 heterocycles. The van der Waals surface area contributed by atoms with Gasteiger partial charge in [-0.2, -0.15) is 0 Å². The Kier molecular flexibility index (Phi) is 4.03. The molecule has 0 fully saturated rings. The van der Waals surface area contributed by atoms with E-state index in [0.29, 0.717) is 5.56 Å². The summed E-state index contributed by atoms with van der Waals surface area (Å²) in [6, 6.07) is 15.2. The van der Waals surface area contributed by atoms with E-state index in [2.05, 4.69) is 31.2 Å². The predicted octanol–water partition coefficient (Wildman–Crippen LogP) is 4.41. The van der Waals surface area contributed by atoms with Crippen LogP contribution in [0.1, 0.15) is 10.4 Å². The molecule has 6 heteroatoms. The van der Waals surface area contributed by atoms with E-state index >= 15 is 0 Å². The molecule has 1 aromatic carbocycles. The van der Waals surface area contributed by atoms with Gasteiger partial charge in [0, 0.05) is 40.5 Å². The number of hydrogen-bond donors (Lipinski definition) is 1. The molecule has 0 aliphatic carbocycles. The zero-order chi connectivity index (χ0) is 17.2. The molecule has 4 rings (SSSR count). The van der Waals surface area contributed by atoms with Crippen LogP contribution < -0.4 is 5.32 Å². The number of anilines is 1. The Hall–Kier alpha value is -2.99. The summed E-state index contributed by atoms with van der Waals surface area (Å²) in [5.41, 5.74) is 4.00. The Balaban J connectivity index is 1.54. The minimum atomic E-state index is -0.200. The molecular formula is C19H13BrN4O. The number of halogens is 1. The average molecular weight is 393 g/mol. The van der Waals surface area contributed by atoms with Gasteiger partial charge in [0.25, 0.3) is 5.91 Å². The van der Waals surface area contributed by atoms with Crippen LogP contribution in [0.2, 0.25) is 0 Å². The highest BCUT2D eigenvalue weighted by Gasteiger charge is 2.08. The third-order valence-corrected chi connectivity index (χ3v) is 4.20. The first-order valence-electron chi connectivity index (χ1n) is 7.65. The summed E-state index contributed by atoms with van der Waals surface area (Å²) in [7, 11) is 0. The molecule has 4 aromatic rings. The molecule has 122 valence electrons. The van der Waals surface area contributed by atoms with Crippen LogP contribution in [0.4, 0.5) is 5.69 Å². The van der Waals surface area contributed by atoms with Crippen LogP contribution in [-0.2, 0) is 0 Å². The second-order valence-electron chi connectivity index (χ2n) is 5.52. The maximum Gasteiger partial charge on any atom is 0.257 e.